The molecule has 0 N–H and O–H groups in total. The molecular formula is C6H14O4Si. The van der Waals surface area contributed by atoms with E-state index in [2.05, 4.69) is 0 Å². The molecule has 0 amide bonds. The van der Waals surface area contributed by atoms with Crippen LogP contribution >= 0.6 is 0 Å². The minimum absolute atomic E-state index is 1.49. The minimum Gasteiger partial charge on any atom is -0.505 e. The first kappa shape index (κ1) is 10.6. The van der Waals surface area contributed by atoms with Gasteiger partial charge in [0.05, 0.1) is 13.4 Å². The van der Waals surface area contributed by atoms with Gasteiger partial charge in [-0.1, -0.05) is 0 Å². The highest BCUT2D eigenvalue weighted by Gasteiger charge is 2.34. The topological polar surface area (TPSA) is 36.9 Å². The summed E-state index contributed by atoms with van der Waals surface area (Å²) in [5.41, 5.74) is 1.66. The standard InChI is InChI=1S/C6H14O4Si/c1-7-5-6-11(8-2,9-3)10-4/h5-6H,1-4H3. The second-order valence-corrected chi connectivity index (χ2v) is 4.52. The third-order valence-electron chi connectivity index (χ3n) is 1.26. The fourth-order valence-corrected chi connectivity index (χ4v) is 1.82. The molecule has 0 aromatic rings. The lowest BCUT2D eigenvalue weighted by atomic mass is 11.1. The maximum absolute atomic E-state index is 5.07. The molecule has 5 heteroatoms. The molecule has 0 unspecified atom stereocenters. The molecule has 66 valence electrons. The zero-order valence-corrected chi connectivity index (χ0v) is 8.29. The summed E-state index contributed by atoms with van der Waals surface area (Å²) in [5.74, 6) is 0. The molecule has 0 saturated carbocycles. The zero-order valence-electron chi connectivity index (χ0n) is 7.29. The van der Waals surface area contributed by atoms with E-state index >= 15 is 0 Å². The van der Waals surface area contributed by atoms with Crippen LogP contribution in [0.3, 0.4) is 0 Å². The van der Waals surface area contributed by atoms with Crippen LogP contribution in [-0.4, -0.2) is 37.2 Å². The van der Waals surface area contributed by atoms with E-state index in [1.54, 1.807) is 34.1 Å². The largest absolute Gasteiger partial charge is 0.531 e. The first-order valence-corrected chi connectivity index (χ1v) is 4.91. The van der Waals surface area contributed by atoms with Crippen molar-refractivity contribution in [3.05, 3.63) is 12.0 Å². The molecule has 0 fully saturated rings. The van der Waals surface area contributed by atoms with Crippen molar-refractivity contribution in [1.82, 2.24) is 0 Å². The molecule has 0 radical (unpaired) electrons. The Balaban J connectivity index is 4.16. The monoisotopic (exact) mass is 178 g/mol. The lowest BCUT2D eigenvalue weighted by Gasteiger charge is -2.19. The van der Waals surface area contributed by atoms with Crippen LogP contribution in [-0.2, 0) is 18.0 Å². The number of hydrogen-bond donors (Lipinski definition) is 0. The van der Waals surface area contributed by atoms with Crippen LogP contribution in [0.1, 0.15) is 0 Å². The third-order valence-corrected chi connectivity index (χ3v) is 3.51. The van der Waals surface area contributed by atoms with Crippen LogP contribution in [0.5, 0.6) is 0 Å². The number of methoxy groups -OCH3 is 1. The predicted octanol–water partition coefficient (Wildman–Crippen LogP) is 0.564. The third kappa shape index (κ3) is 3.02. The van der Waals surface area contributed by atoms with Gasteiger partial charge in [-0.15, -0.1) is 0 Å². The second kappa shape index (κ2) is 5.31. The average Bonchev–Trinajstić information content (AvgIpc) is 2.08. The molecule has 0 aromatic heterocycles. The van der Waals surface area contributed by atoms with Gasteiger partial charge in [-0.25, -0.2) is 0 Å². The molecule has 11 heavy (non-hydrogen) atoms. The average molecular weight is 178 g/mol. The first-order valence-electron chi connectivity index (χ1n) is 3.10. The summed E-state index contributed by atoms with van der Waals surface area (Å²) in [5, 5.41) is 0. The van der Waals surface area contributed by atoms with Crippen LogP contribution < -0.4 is 0 Å². The Morgan fingerprint density at radius 2 is 1.36 bits per heavy atom. The van der Waals surface area contributed by atoms with Crippen molar-refractivity contribution in [1.29, 1.82) is 0 Å². The molecule has 0 aliphatic rings. The normalized spacial score (nSPS) is 12.4. The number of ether oxygens (including phenoxy) is 1. The quantitative estimate of drug-likeness (QED) is 0.455. The van der Waals surface area contributed by atoms with E-state index in [0.717, 1.165) is 0 Å². The summed E-state index contributed by atoms with van der Waals surface area (Å²) in [4.78, 5) is 0. The van der Waals surface area contributed by atoms with Gasteiger partial charge in [-0.2, -0.15) is 0 Å². The smallest absolute Gasteiger partial charge is 0.505 e. The van der Waals surface area contributed by atoms with Gasteiger partial charge in [0.25, 0.3) is 0 Å². The van der Waals surface area contributed by atoms with Crippen molar-refractivity contribution < 1.29 is 18.0 Å². The minimum atomic E-state index is -2.54. The highest BCUT2D eigenvalue weighted by Crippen LogP contribution is 2.06. The Labute approximate surface area is 68.1 Å². The summed E-state index contributed by atoms with van der Waals surface area (Å²) in [6.07, 6.45) is 1.49. The molecule has 0 rings (SSSR count). The molecule has 0 heterocycles. The van der Waals surface area contributed by atoms with E-state index < -0.39 is 8.80 Å². The molecule has 0 atom stereocenters. The Morgan fingerprint density at radius 3 is 1.64 bits per heavy atom. The summed E-state index contributed by atoms with van der Waals surface area (Å²) < 4.78 is 19.9. The first-order chi connectivity index (χ1) is 5.24. The van der Waals surface area contributed by atoms with E-state index in [9.17, 15) is 0 Å². The van der Waals surface area contributed by atoms with Gasteiger partial charge >= 0.3 is 8.80 Å². The highest BCUT2D eigenvalue weighted by molar-refractivity contribution is 6.66. The van der Waals surface area contributed by atoms with Crippen LogP contribution in [0.25, 0.3) is 0 Å². The Hall–Kier alpha value is -0.363. The van der Waals surface area contributed by atoms with Crippen LogP contribution in [0.4, 0.5) is 0 Å². The Bertz CT molecular complexity index is 113. The SMILES string of the molecule is COC=C[Si](OC)(OC)OC. The fraction of sp³-hybridized carbons (Fsp3) is 0.667. The molecule has 0 bridgehead atoms. The maximum Gasteiger partial charge on any atom is 0.531 e. The second-order valence-electron chi connectivity index (χ2n) is 1.75. The van der Waals surface area contributed by atoms with E-state index in [-0.39, 0.29) is 0 Å². The summed E-state index contributed by atoms with van der Waals surface area (Å²) in [6, 6.07) is 0. The lowest BCUT2D eigenvalue weighted by Crippen LogP contribution is -2.40. The van der Waals surface area contributed by atoms with E-state index in [0.29, 0.717) is 0 Å². The van der Waals surface area contributed by atoms with E-state index in [1.807, 2.05) is 0 Å². The Kier molecular flexibility index (Phi) is 5.13. The number of hydrogen-bond acceptors (Lipinski definition) is 4. The summed E-state index contributed by atoms with van der Waals surface area (Å²) in [6.45, 7) is 0. The van der Waals surface area contributed by atoms with Crippen molar-refractivity contribution in [3.63, 3.8) is 0 Å². The predicted molar refractivity (Wildman–Crippen MR) is 42.9 cm³/mol. The van der Waals surface area contributed by atoms with Crippen molar-refractivity contribution >= 4 is 8.80 Å². The van der Waals surface area contributed by atoms with Crippen molar-refractivity contribution in [2.45, 2.75) is 0 Å². The van der Waals surface area contributed by atoms with Crippen LogP contribution in [0, 0.1) is 0 Å². The Morgan fingerprint density at radius 1 is 0.909 bits per heavy atom. The van der Waals surface area contributed by atoms with Gasteiger partial charge < -0.3 is 18.0 Å². The summed E-state index contributed by atoms with van der Waals surface area (Å²) in [7, 11) is 3.63. The molecule has 0 aliphatic heterocycles. The molecular weight excluding hydrogens is 164 g/mol. The van der Waals surface area contributed by atoms with Gasteiger partial charge in [0.15, 0.2) is 0 Å². The van der Waals surface area contributed by atoms with Gasteiger partial charge in [-0.3, -0.25) is 0 Å². The van der Waals surface area contributed by atoms with Crippen LogP contribution in [0.15, 0.2) is 12.0 Å². The maximum atomic E-state index is 5.07. The highest BCUT2D eigenvalue weighted by atomic mass is 28.4. The molecule has 0 aliphatic carbocycles. The lowest BCUT2D eigenvalue weighted by molar-refractivity contribution is 0.137. The molecule has 0 aromatic carbocycles. The van der Waals surface area contributed by atoms with Gasteiger partial charge in [0.2, 0.25) is 0 Å². The van der Waals surface area contributed by atoms with Gasteiger partial charge in [0, 0.05) is 27.0 Å². The van der Waals surface area contributed by atoms with Gasteiger partial charge in [-0.05, 0) is 0 Å². The molecule has 0 saturated heterocycles. The zero-order chi connectivity index (χ0) is 8.74. The molecule has 0 spiro atoms. The fourth-order valence-electron chi connectivity index (χ4n) is 0.605. The van der Waals surface area contributed by atoms with Crippen molar-refractivity contribution in [2.24, 2.45) is 0 Å². The molecule has 4 nitrogen and oxygen atoms in total. The van der Waals surface area contributed by atoms with E-state index in [1.165, 1.54) is 6.26 Å². The van der Waals surface area contributed by atoms with Crippen LogP contribution in [0.2, 0.25) is 0 Å². The van der Waals surface area contributed by atoms with Gasteiger partial charge in [0.1, 0.15) is 0 Å². The number of rotatable bonds is 5. The van der Waals surface area contributed by atoms with Crippen molar-refractivity contribution in [2.75, 3.05) is 28.4 Å². The van der Waals surface area contributed by atoms with E-state index in [4.69, 9.17) is 18.0 Å². The van der Waals surface area contributed by atoms with Crippen molar-refractivity contribution in [3.8, 4) is 0 Å². The summed E-state index contributed by atoms with van der Waals surface area (Å²) >= 11 is 0.